The molecule has 1 aliphatic rings. The van der Waals surface area contributed by atoms with Crippen LogP contribution in [0.5, 0.6) is 11.5 Å². The Labute approximate surface area is 241 Å². The van der Waals surface area contributed by atoms with Gasteiger partial charge in [-0.15, -0.1) is 0 Å². The van der Waals surface area contributed by atoms with Gasteiger partial charge in [-0.05, 0) is 63.2 Å². The number of nitrogens with two attached hydrogens (primary N) is 1. The van der Waals surface area contributed by atoms with Gasteiger partial charge in [0.15, 0.2) is 8.32 Å². The Hall–Kier alpha value is -3.09. The van der Waals surface area contributed by atoms with Gasteiger partial charge in [-0.25, -0.2) is 9.78 Å². The number of carbonyl (C=O) groups excluding carboxylic acids is 1. The zero-order valence-corrected chi connectivity index (χ0v) is 26.2. The minimum atomic E-state index is -2.05. The van der Waals surface area contributed by atoms with E-state index in [-0.39, 0.29) is 33.8 Å². The van der Waals surface area contributed by atoms with Crippen LogP contribution in [-0.2, 0) is 9.16 Å². The number of nitrogens with zero attached hydrogens (tertiary/aromatic N) is 4. The van der Waals surface area contributed by atoms with E-state index in [1.54, 1.807) is 17.0 Å². The lowest BCUT2D eigenvalue weighted by Crippen LogP contribution is -2.59. The summed E-state index contributed by atoms with van der Waals surface area (Å²) in [7, 11) is -2.05. The molecule has 0 aliphatic carbocycles. The molecule has 1 aromatic heterocycles. The summed E-state index contributed by atoms with van der Waals surface area (Å²) in [5.41, 5.74) is 5.49. The van der Waals surface area contributed by atoms with E-state index in [0.717, 1.165) is 5.69 Å². The molecule has 1 aliphatic heterocycles. The molecule has 2 N–H and O–H groups in total. The minimum absolute atomic E-state index is 0.0205. The quantitative estimate of drug-likeness (QED) is 0.218. The number of halogens is 1. The molecule has 2 heterocycles. The highest BCUT2D eigenvalue weighted by Crippen LogP contribution is 2.41. The number of hydrogen-bond donors (Lipinski definition) is 1. The molecule has 0 radical (unpaired) electrons. The van der Waals surface area contributed by atoms with Crippen molar-refractivity contribution in [1.82, 2.24) is 9.88 Å². The summed E-state index contributed by atoms with van der Waals surface area (Å²) in [6.07, 6.45) is 0.860. The molecular formula is C27H40ClN5O6Si. The Morgan fingerprint density at radius 2 is 1.80 bits per heavy atom. The number of ether oxygens (including phenoxy) is 2. The van der Waals surface area contributed by atoms with E-state index >= 15 is 0 Å². The van der Waals surface area contributed by atoms with Gasteiger partial charge in [0.2, 0.25) is 11.6 Å². The third-order valence-electron chi connectivity index (χ3n) is 7.15. The first-order valence-corrected chi connectivity index (χ1v) is 16.4. The molecule has 3 rings (SSSR count). The van der Waals surface area contributed by atoms with Crippen molar-refractivity contribution >= 4 is 43.2 Å². The molecule has 0 unspecified atom stereocenters. The lowest BCUT2D eigenvalue weighted by atomic mass is 10.1. The van der Waals surface area contributed by atoms with E-state index in [0.29, 0.717) is 32.0 Å². The number of amides is 1. The molecule has 0 saturated carbocycles. The van der Waals surface area contributed by atoms with Crippen molar-refractivity contribution in [2.45, 2.75) is 71.3 Å². The van der Waals surface area contributed by atoms with Gasteiger partial charge in [0, 0.05) is 25.3 Å². The molecule has 220 valence electrons. The van der Waals surface area contributed by atoms with Crippen molar-refractivity contribution in [3.05, 3.63) is 45.6 Å². The maximum absolute atomic E-state index is 13.1. The molecule has 1 atom stereocenters. The van der Waals surface area contributed by atoms with Crippen molar-refractivity contribution in [3.63, 3.8) is 0 Å². The number of aromatic nitrogens is 1. The molecule has 2 aromatic rings. The average molecular weight is 594 g/mol. The molecule has 0 bridgehead atoms. The third kappa shape index (κ3) is 7.55. The lowest BCUT2D eigenvalue weighted by molar-refractivity contribution is -0.384. The molecule has 13 heteroatoms. The maximum Gasteiger partial charge on any atom is 0.410 e. The zero-order valence-electron chi connectivity index (χ0n) is 24.5. The number of anilines is 2. The second-order valence-corrected chi connectivity index (χ2v) is 17.6. The fraction of sp³-hybridized carbons (Fsp3) is 0.556. The van der Waals surface area contributed by atoms with Crippen molar-refractivity contribution < 1.29 is 23.6 Å². The lowest BCUT2D eigenvalue weighted by Gasteiger charge is -2.44. The Balaban J connectivity index is 1.80. The summed E-state index contributed by atoms with van der Waals surface area (Å²) in [5.74, 6) is -0.0971. The van der Waals surface area contributed by atoms with Crippen LogP contribution >= 0.6 is 11.6 Å². The normalized spacial score (nSPS) is 16.6. The summed E-state index contributed by atoms with van der Waals surface area (Å²) in [6, 6.07) is 6.90. The Bertz CT molecular complexity index is 1230. The van der Waals surface area contributed by atoms with Crippen LogP contribution in [0.4, 0.5) is 22.0 Å². The highest BCUT2D eigenvalue weighted by atomic mass is 35.5. The van der Waals surface area contributed by atoms with Crippen LogP contribution in [0.2, 0.25) is 23.2 Å². The van der Waals surface area contributed by atoms with E-state index in [1.807, 2.05) is 32.9 Å². The Kier molecular flexibility index (Phi) is 9.27. The first-order valence-electron chi connectivity index (χ1n) is 13.1. The van der Waals surface area contributed by atoms with Gasteiger partial charge < -0.3 is 24.5 Å². The van der Waals surface area contributed by atoms with Gasteiger partial charge in [-0.2, -0.15) is 0 Å². The highest BCUT2D eigenvalue weighted by molar-refractivity contribution is 6.74. The first-order chi connectivity index (χ1) is 18.4. The number of rotatable bonds is 7. The van der Waals surface area contributed by atoms with E-state index in [1.165, 1.54) is 6.20 Å². The molecule has 1 amide bonds. The van der Waals surface area contributed by atoms with Crippen LogP contribution in [0.15, 0.2) is 30.5 Å². The van der Waals surface area contributed by atoms with Gasteiger partial charge in [0.25, 0.3) is 0 Å². The largest absolute Gasteiger partial charge is 0.448 e. The van der Waals surface area contributed by atoms with Crippen molar-refractivity contribution in [1.29, 1.82) is 0 Å². The summed E-state index contributed by atoms with van der Waals surface area (Å²) >= 11 is 6.13. The number of hydrogen-bond acceptors (Lipinski definition) is 9. The Morgan fingerprint density at radius 1 is 1.18 bits per heavy atom. The number of carbonyl (C=O) groups is 1. The second kappa shape index (κ2) is 11.8. The topological polar surface area (TPSA) is 133 Å². The van der Waals surface area contributed by atoms with E-state index in [4.69, 9.17) is 31.2 Å². The molecular weight excluding hydrogens is 554 g/mol. The number of nitrogen functional groups attached to an aromatic ring is 1. The predicted octanol–water partition coefficient (Wildman–Crippen LogP) is 6.47. The van der Waals surface area contributed by atoms with Crippen molar-refractivity contribution in [2.24, 2.45) is 0 Å². The minimum Gasteiger partial charge on any atom is -0.448 e. The maximum atomic E-state index is 13.1. The van der Waals surface area contributed by atoms with E-state index in [2.05, 4.69) is 43.7 Å². The molecule has 1 aromatic carbocycles. The van der Waals surface area contributed by atoms with Gasteiger partial charge in [-0.3, -0.25) is 15.0 Å². The molecule has 0 spiro atoms. The predicted molar refractivity (Wildman–Crippen MR) is 159 cm³/mol. The standard InChI is InChI=1S/C27H40ClN5O6Si/c1-26(2,3)39-25(34)32-14-13-31(16-19(32)17-37-40(7,8)27(4,5)6)18-9-11-20(12-10-18)38-23-21(28)15-30-24(29)22(23)33(35)36/h9-12,15,19H,13-14,16-17H2,1-8H3,(H2,29,30)/t19-/m1/s1. The van der Waals surface area contributed by atoms with Crippen LogP contribution in [0.3, 0.4) is 0 Å². The number of nitro groups is 1. The van der Waals surface area contributed by atoms with Gasteiger partial charge >= 0.3 is 11.8 Å². The van der Waals surface area contributed by atoms with Crippen molar-refractivity contribution in [2.75, 3.05) is 36.9 Å². The van der Waals surface area contributed by atoms with E-state index in [9.17, 15) is 14.9 Å². The third-order valence-corrected chi connectivity index (χ3v) is 11.9. The fourth-order valence-electron chi connectivity index (χ4n) is 3.91. The smallest absolute Gasteiger partial charge is 0.410 e. The fourth-order valence-corrected chi connectivity index (χ4v) is 5.13. The second-order valence-electron chi connectivity index (χ2n) is 12.4. The monoisotopic (exact) mass is 593 g/mol. The Morgan fingerprint density at radius 3 is 2.35 bits per heavy atom. The summed E-state index contributed by atoms with van der Waals surface area (Å²) in [6.45, 7) is 18.5. The molecule has 1 saturated heterocycles. The first kappa shape index (κ1) is 31.4. The van der Waals surface area contributed by atoms with Crippen LogP contribution < -0.4 is 15.4 Å². The highest BCUT2D eigenvalue weighted by Gasteiger charge is 2.40. The summed E-state index contributed by atoms with van der Waals surface area (Å²) < 4.78 is 18.0. The number of piperazine rings is 1. The van der Waals surface area contributed by atoms with Crippen LogP contribution in [0.1, 0.15) is 41.5 Å². The van der Waals surface area contributed by atoms with Crippen molar-refractivity contribution in [3.8, 4) is 11.5 Å². The van der Waals surface area contributed by atoms with Crippen LogP contribution in [0.25, 0.3) is 0 Å². The number of benzene rings is 1. The SMILES string of the molecule is CC(C)(C)OC(=O)N1CCN(c2ccc(Oc3c(Cl)cnc(N)c3[N+](=O)[O-])cc2)C[C@@H]1CO[Si](C)(C)C(C)(C)C. The molecule has 1 fully saturated rings. The molecule has 40 heavy (non-hydrogen) atoms. The van der Waals surface area contributed by atoms with Gasteiger partial charge in [-0.1, -0.05) is 32.4 Å². The van der Waals surface area contributed by atoms with Crippen LogP contribution in [-0.4, -0.2) is 67.1 Å². The molecule has 11 nitrogen and oxygen atoms in total. The van der Waals surface area contributed by atoms with Gasteiger partial charge in [0.1, 0.15) is 16.4 Å². The van der Waals surface area contributed by atoms with Crippen LogP contribution in [0, 0.1) is 10.1 Å². The number of pyridine rings is 1. The average Bonchev–Trinajstić information content (AvgIpc) is 2.83. The summed E-state index contributed by atoms with van der Waals surface area (Å²) in [4.78, 5) is 31.6. The summed E-state index contributed by atoms with van der Waals surface area (Å²) in [5, 5.41) is 11.5. The van der Waals surface area contributed by atoms with Gasteiger partial charge in [0.05, 0.1) is 23.8 Å². The van der Waals surface area contributed by atoms with E-state index < -0.39 is 24.5 Å². The zero-order chi connectivity index (χ0) is 30.0.